The highest BCUT2D eigenvalue weighted by Crippen LogP contribution is 2.25. The SMILES string of the molecule is Cc1cc(NCc2nnc(-c3ccccc3)s2)nc(-c2cccc([N+](=O)[O-])c2)n1. The molecule has 29 heavy (non-hydrogen) atoms. The van der Waals surface area contributed by atoms with Gasteiger partial charge in [-0.2, -0.15) is 0 Å². The molecule has 0 aliphatic heterocycles. The number of anilines is 1. The Morgan fingerprint density at radius 3 is 2.59 bits per heavy atom. The van der Waals surface area contributed by atoms with Crippen LogP contribution in [0.4, 0.5) is 11.5 Å². The van der Waals surface area contributed by atoms with E-state index in [1.807, 2.05) is 43.3 Å². The summed E-state index contributed by atoms with van der Waals surface area (Å²) in [7, 11) is 0. The summed E-state index contributed by atoms with van der Waals surface area (Å²) in [5.41, 5.74) is 2.38. The lowest BCUT2D eigenvalue weighted by molar-refractivity contribution is -0.384. The Balaban J connectivity index is 1.52. The molecule has 1 N–H and O–H groups in total. The maximum atomic E-state index is 11.0. The van der Waals surface area contributed by atoms with Gasteiger partial charge in [-0.15, -0.1) is 10.2 Å². The van der Waals surface area contributed by atoms with Crippen LogP contribution in [0.5, 0.6) is 0 Å². The quantitative estimate of drug-likeness (QED) is 0.373. The van der Waals surface area contributed by atoms with E-state index in [1.165, 1.54) is 23.5 Å². The molecule has 144 valence electrons. The van der Waals surface area contributed by atoms with Gasteiger partial charge in [0.1, 0.15) is 15.8 Å². The van der Waals surface area contributed by atoms with Gasteiger partial charge in [0.05, 0.1) is 11.5 Å². The summed E-state index contributed by atoms with van der Waals surface area (Å²) in [4.78, 5) is 19.5. The topological polar surface area (TPSA) is 107 Å². The molecule has 0 unspecified atom stereocenters. The first-order chi connectivity index (χ1) is 14.1. The second-order valence-electron chi connectivity index (χ2n) is 6.25. The van der Waals surface area contributed by atoms with Crippen molar-refractivity contribution < 1.29 is 4.92 Å². The summed E-state index contributed by atoms with van der Waals surface area (Å²) in [6.07, 6.45) is 0. The molecule has 2 heterocycles. The Bertz CT molecular complexity index is 1160. The number of nitro benzene ring substituents is 1. The smallest absolute Gasteiger partial charge is 0.270 e. The van der Waals surface area contributed by atoms with Gasteiger partial charge >= 0.3 is 0 Å². The van der Waals surface area contributed by atoms with E-state index in [0.29, 0.717) is 23.8 Å². The third kappa shape index (κ3) is 4.41. The van der Waals surface area contributed by atoms with Crippen LogP contribution in [0.15, 0.2) is 60.7 Å². The third-order valence-corrected chi connectivity index (χ3v) is 5.05. The normalized spacial score (nSPS) is 10.7. The third-order valence-electron chi connectivity index (χ3n) is 4.08. The molecule has 0 amide bonds. The summed E-state index contributed by atoms with van der Waals surface area (Å²) >= 11 is 1.51. The fraction of sp³-hybridized carbons (Fsp3) is 0.100. The predicted octanol–water partition coefficient (Wildman–Crippen LogP) is 4.49. The molecular formula is C20H16N6O2S. The van der Waals surface area contributed by atoms with E-state index >= 15 is 0 Å². The Morgan fingerprint density at radius 1 is 1.00 bits per heavy atom. The highest BCUT2D eigenvalue weighted by molar-refractivity contribution is 7.14. The summed E-state index contributed by atoms with van der Waals surface area (Å²) in [6, 6.07) is 18.0. The average Bonchev–Trinajstić information content (AvgIpc) is 3.22. The number of aromatic nitrogens is 4. The van der Waals surface area contributed by atoms with Gasteiger partial charge < -0.3 is 5.32 Å². The van der Waals surface area contributed by atoms with Gasteiger partial charge in [0, 0.05) is 35.0 Å². The Morgan fingerprint density at radius 2 is 1.79 bits per heavy atom. The van der Waals surface area contributed by atoms with E-state index in [-0.39, 0.29) is 5.69 Å². The van der Waals surface area contributed by atoms with Crippen LogP contribution < -0.4 is 5.32 Å². The molecule has 0 saturated carbocycles. The first-order valence-corrected chi connectivity index (χ1v) is 9.62. The van der Waals surface area contributed by atoms with Crippen LogP contribution in [0, 0.1) is 17.0 Å². The first-order valence-electron chi connectivity index (χ1n) is 8.81. The number of hydrogen-bond acceptors (Lipinski definition) is 8. The maximum absolute atomic E-state index is 11.0. The van der Waals surface area contributed by atoms with Gasteiger partial charge in [-0.1, -0.05) is 53.8 Å². The monoisotopic (exact) mass is 404 g/mol. The fourth-order valence-corrected chi connectivity index (χ4v) is 3.52. The van der Waals surface area contributed by atoms with E-state index in [4.69, 9.17) is 0 Å². The number of nitrogens with zero attached hydrogens (tertiary/aromatic N) is 5. The molecule has 0 atom stereocenters. The van der Waals surface area contributed by atoms with Gasteiger partial charge in [0.2, 0.25) is 0 Å². The van der Waals surface area contributed by atoms with Gasteiger partial charge in [-0.05, 0) is 6.92 Å². The zero-order valence-electron chi connectivity index (χ0n) is 15.4. The van der Waals surface area contributed by atoms with Crippen molar-refractivity contribution in [3.63, 3.8) is 0 Å². The summed E-state index contributed by atoms with van der Waals surface area (Å²) in [5.74, 6) is 1.05. The average molecular weight is 404 g/mol. The summed E-state index contributed by atoms with van der Waals surface area (Å²) < 4.78 is 0. The number of aryl methyl sites for hydroxylation is 1. The number of rotatable bonds is 6. The largest absolute Gasteiger partial charge is 0.363 e. The van der Waals surface area contributed by atoms with E-state index in [0.717, 1.165) is 21.3 Å². The molecule has 4 aromatic rings. The van der Waals surface area contributed by atoms with Crippen LogP contribution in [0.1, 0.15) is 10.7 Å². The van der Waals surface area contributed by atoms with Crippen molar-refractivity contribution in [3.05, 3.63) is 81.5 Å². The highest BCUT2D eigenvalue weighted by Gasteiger charge is 2.11. The number of benzene rings is 2. The van der Waals surface area contributed by atoms with Crippen LogP contribution in [0.25, 0.3) is 22.0 Å². The van der Waals surface area contributed by atoms with Crippen molar-refractivity contribution in [3.8, 4) is 22.0 Å². The molecular weight excluding hydrogens is 388 g/mol. The predicted molar refractivity (Wildman–Crippen MR) is 112 cm³/mol. The van der Waals surface area contributed by atoms with Crippen LogP contribution in [0.2, 0.25) is 0 Å². The highest BCUT2D eigenvalue weighted by atomic mass is 32.1. The molecule has 0 radical (unpaired) electrons. The van der Waals surface area contributed by atoms with Crippen molar-refractivity contribution in [2.75, 3.05) is 5.32 Å². The molecule has 0 fully saturated rings. The van der Waals surface area contributed by atoms with E-state index < -0.39 is 4.92 Å². The van der Waals surface area contributed by atoms with Gasteiger partial charge in [-0.3, -0.25) is 10.1 Å². The van der Waals surface area contributed by atoms with Gasteiger partial charge in [-0.25, -0.2) is 9.97 Å². The lowest BCUT2D eigenvalue weighted by Gasteiger charge is -2.07. The van der Waals surface area contributed by atoms with Crippen molar-refractivity contribution in [2.24, 2.45) is 0 Å². The van der Waals surface area contributed by atoms with E-state index in [1.54, 1.807) is 12.1 Å². The fourth-order valence-electron chi connectivity index (χ4n) is 2.74. The molecule has 0 aliphatic carbocycles. The molecule has 4 rings (SSSR count). The zero-order chi connectivity index (χ0) is 20.2. The van der Waals surface area contributed by atoms with Gasteiger partial charge in [0.15, 0.2) is 5.82 Å². The second-order valence-corrected chi connectivity index (χ2v) is 7.31. The molecule has 9 heteroatoms. The number of nitro groups is 1. The van der Waals surface area contributed by atoms with Crippen molar-refractivity contribution >= 4 is 22.8 Å². The first kappa shape index (κ1) is 18.6. The van der Waals surface area contributed by atoms with Crippen LogP contribution in [0.3, 0.4) is 0 Å². The minimum Gasteiger partial charge on any atom is -0.363 e. The maximum Gasteiger partial charge on any atom is 0.270 e. The molecule has 0 spiro atoms. The van der Waals surface area contributed by atoms with E-state index in [9.17, 15) is 10.1 Å². The van der Waals surface area contributed by atoms with Crippen molar-refractivity contribution in [2.45, 2.75) is 13.5 Å². The minimum atomic E-state index is -0.432. The van der Waals surface area contributed by atoms with Crippen LogP contribution in [-0.4, -0.2) is 25.1 Å². The van der Waals surface area contributed by atoms with Crippen LogP contribution in [-0.2, 0) is 6.54 Å². The van der Waals surface area contributed by atoms with Crippen LogP contribution >= 0.6 is 11.3 Å². The molecule has 0 saturated heterocycles. The minimum absolute atomic E-state index is 0.00409. The number of nitrogens with one attached hydrogen (secondary N) is 1. The summed E-state index contributed by atoms with van der Waals surface area (Å²) in [6.45, 7) is 2.32. The Kier molecular flexibility index (Phi) is 5.21. The van der Waals surface area contributed by atoms with Crippen molar-refractivity contribution in [1.82, 2.24) is 20.2 Å². The lowest BCUT2D eigenvalue weighted by atomic mass is 10.2. The zero-order valence-corrected chi connectivity index (χ0v) is 16.3. The number of non-ortho nitro benzene ring substituents is 1. The Hall–Kier alpha value is -3.72. The number of hydrogen-bond donors (Lipinski definition) is 1. The molecule has 0 bridgehead atoms. The lowest BCUT2D eigenvalue weighted by Crippen LogP contribution is -2.04. The summed E-state index contributed by atoms with van der Waals surface area (Å²) in [5, 5.41) is 24.4. The standard InChI is InChI=1S/C20H16N6O2S/c1-13-10-17(23-19(22-13)15-8-5-9-16(11-15)26(27)28)21-12-18-24-25-20(29-18)14-6-3-2-4-7-14/h2-11H,12H2,1H3,(H,21,22,23). The molecule has 8 nitrogen and oxygen atoms in total. The van der Waals surface area contributed by atoms with E-state index in [2.05, 4.69) is 25.5 Å². The van der Waals surface area contributed by atoms with Gasteiger partial charge in [0.25, 0.3) is 5.69 Å². The molecule has 2 aromatic heterocycles. The molecule has 0 aliphatic rings. The second kappa shape index (κ2) is 8.11. The molecule has 2 aromatic carbocycles. The Labute approximate surface area is 170 Å². The van der Waals surface area contributed by atoms with Crippen molar-refractivity contribution in [1.29, 1.82) is 0 Å².